The van der Waals surface area contributed by atoms with Crippen molar-refractivity contribution in [2.24, 2.45) is 7.05 Å². The summed E-state index contributed by atoms with van der Waals surface area (Å²) >= 11 is 0. The number of amides is 2. The molecule has 3 aromatic rings. The van der Waals surface area contributed by atoms with Gasteiger partial charge >= 0.3 is 0 Å². The molecule has 2 amide bonds. The van der Waals surface area contributed by atoms with Gasteiger partial charge in [0.2, 0.25) is 0 Å². The largest absolute Gasteiger partial charge is 0.497 e. The quantitative estimate of drug-likeness (QED) is 0.611. The van der Waals surface area contributed by atoms with Crippen LogP contribution in [0.4, 0.5) is 0 Å². The summed E-state index contributed by atoms with van der Waals surface area (Å²) in [5.41, 5.74) is 3.90. The van der Waals surface area contributed by atoms with E-state index in [1.54, 1.807) is 29.9 Å². The number of piperazine rings is 1. The minimum atomic E-state index is -0.0749. The molecule has 33 heavy (non-hydrogen) atoms. The summed E-state index contributed by atoms with van der Waals surface area (Å²) in [7, 11) is 3.40. The van der Waals surface area contributed by atoms with Crippen LogP contribution in [0.15, 0.2) is 36.5 Å². The lowest BCUT2D eigenvalue weighted by Gasteiger charge is -2.34. The Balaban J connectivity index is 1.26. The zero-order valence-corrected chi connectivity index (χ0v) is 19.0. The highest BCUT2D eigenvalue weighted by Gasteiger charge is 2.29. The van der Waals surface area contributed by atoms with E-state index in [1.165, 1.54) is 0 Å². The van der Waals surface area contributed by atoms with Crippen LogP contribution in [0.2, 0.25) is 0 Å². The van der Waals surface area contributed by atoms with E-state index in [4.69, 9.17) is 4.74 Å². The summed E-state index contributed by atoms with van der Waals surface area (Å²) in [5, 5.41) is 8.92. The highest BCUT2D eigenvalue weighted by Crippen LogP contribution is 2.24. The fourth-order valence-electron chi connectivity index (χ4n) is 4.64. The van der Waals surface area contributed by atoms with E-state index < -0.39 is 0 Å². The van der Waals surface area contributed by atoms with Gasteiger partial charge in [-0.15, -0.1) is 0 Å². The van der Waals surface area contributed by atoms with Crippen LogP contribution in [0.3, 0.4) is 0 Å². The lowest BCUT2D eigenvalue weighted by molar-refractivity contribution is 0.0528. The third kappa shape index (κ3) is 3.99. The summed E-state index contributed by atoms with van der Waals surface area (Å²) in [6.45, 7) is 2.89. The van der Waals surface area contributed by atoms with Crippen molar-refractivity contribution in [1.82, 2.24) is 29.4 Å². The Labute approximate surface area is 192 Å². The molecule has 0 N–H and O–H groups in total. The Morgan fingerprint density at radius 1 is 0.970 bits per heavy atom. The van der Waals surface area contributed by atoms with E-state index in [0.29, 0.717) is 37.4 Å². The molecule has 9 heteroatoms. The number of aromatic nitrogens is 4. The SMILES string of the molecule is COc1cccc(-c2cc(C(=O)N3CCN(C(=O)c4cnn5c4CCCC5)CC3)n(C)n2)c1. The van der Waals surface area contributed by atoms with Crippen molar-refractivity contribution in [3.63, 3.8) is 0 Å². The number of carbonyl (C=O) groups is 2. The number of fused-ring (bicyclic) bond motifs is 1. The standard InChI is InChI=1S/C24H28N6O3/c1-27-22(15-20(26-27)17-6-5-7-18(14-17)33-2)24(32)29-12-10-28(11-13-29)23(31)19-16-25-30-9-4-3-8-21(19)30/h5-7,14-16H,3-4,8-13H2,1-2H3. The van der Waals surface area contributed by atoms with Gasteiger partial charge in [-0.2, -0.15) is 10.2 Å². The Bertz CT molecular complexity index is 1190. The molecule has 1 fully saturated rings. The first-order chi connectivity index (χ1) is 16.0. The molecule has 2 aliphatic heterocycles. The predicted octanol–water partition coefficient (Wildman–Crippen LogP) is 2.23. The van der Waals surface area contributed by atoms with Crippen molar-refractivity contribution >= 4 is 11.8 Å². The number of carbonyl (C=O) groups excluding carboxylic acids is 2. The fraction of sp³-hybridized carbons (Fsp3) is 0.417. The second-order valence-electron chi connectivity index (χ2n) is 8.54. The van der Waals surface area contributed by atoms with Crippen molar-refractivity contribution in [1.29, 1.82) is 0 Å². The van der Waals surface area contributed by atoms with Gasteiger partial charge in [-0.3, -0.25) is 19.0 Å². The Morgan fingerprint density at radius 2 is 1.73 bits per heavy atom. The van der Waals surface area contributed by atoms with E-state index in [-0.39, 0.29) is 11.8 Å². The molecule has 172 valence electrons. The van der Waals surface area contributed by atoms with E-state index in [9.17, 15) is 9.59 Å². The average Bonchev–Trinajstić information content (AvgIpc) is 3.47. The molecule has 0 aliphatic carbocycles. The average molecular weight is 449 g/mol. The summed E-state index contributed by atoms with van der Waals surface area (Å²) < 4.78 is 8.87. The lowest BCUT2D eigenvalue weighted by Crippen LogP contribution is -2.51. The van der Waals surface area contributed by atoms with Gasteiger partial charge in [0.1, 0.15) is 11.4 Å². The monoisotopic (exact) mass is 448 g/mol. The Morgan fingerprint density at radius 3 is 2.48 bits per heavy atom. The van der Waals surface area contributed by atoms with Crippen LogP contribution in [0.5, 0.6) is 5.75 Å². The number of benzene rings is 1. The van der Waals surface area contributed by atoms with Gasteiger partial charge in [-0.05, 0) is 37.5 Å². The molecule has 0 unspecified atom stereocenters. The van der Waals surface area contributed by atoms with E-state index >= 15 is 0 Å². The maximum Gasteiger partial charge on any atom is 0.272 e. The minimum absolute atomic E-state index is 0.0195. The van der Waals surface area contributed by atoms with Crippen LogP contribution in [0, 0.1) is 0 Å². The third-order valence-corrected chi connectivity index (χ3v) is 6.53. The maximum absolute atomic E-state index is 13.2. The number of ether oxygens (including phenoxy) is 1. The number of hydrogen-bond acceptors (Lipinski definition) is 5. The Kier molecular flexibility index (Phi) is 5.62. The van der Waals surface area contributed by atoms with Gasteiger partial charge in [0.15, 0.2) is 0 Å². The van der Waals surface area contributed by atoms with Crippen LogP contribution in [0.25, 0.3) is 11.3 Å². The van der Waals surface area contributed by atoms with E-state index in [0.717, 1.165) is 48.5 Å². The summed E-state index contributed by atoms with van der Waals surface area (Å²) in [4.78, 5) is 29.9. The first kappa shape index (κ1) is 21.2. The molecule has 1 saturated heterocycles. The van der Waals surface area contributed by atoms with Gasteiger partial charge in [-0.25, -0.2) is 0 Å². The first-order valence-electron chi connectivity index (χ1n) is 11.4. The van der Waals surface area contributed by atoms with Crippen molar-refractivity contribution in [2.75, 3.05) is 33.3 Å². The number of methoxy groups -OCH3 is 1. The van der Waals surface area contributed by atoms with Crippen LogP contribution in [-0.2, 0) is 20.0 Å². The highest BCUT2D eigenvalue weighted by molar-refractivity contribution is 5.96. The zero-order valence-electron chi connectivity index (χ0n) is 19.0. The highest BCUT2D eigenvalue weighted by atomic mass is 16.5. The van der Waals surface area contributed by atoms with Gasteiger partial charge < -0.3 is 14.5 Å². The third-order valence-electron chi connectivity index (χ3n) is 6.53. The van der Waals surface area contributed by atoms with Crippen LogP contribution < -0.4 is 4.74 Å². The fourth-order valence-corrected chi connectivity index (χ4v) is 4.64. The van der Waals surface area contributed by atoms with Gasteiger partial charge in [0.05, 0.1) is 30.3 Å². The van der Waals surface area contributed by atoms with Crippen LogP contribution in [-0.4, -0.2) is 74.5 Å². The lowest BCUT2D eigenvalue weighted by atomic mass is 10.1. The molecule has 1 aromatic carbocycles. The van der Waals surface area contributed by atoms with Crippen molar-refractivity contribution < 1.29 is 14.3 Å². The maximum atomic E-state index is 13.2. The Hall–Kier alpha value is -3.62. The molecule has 5 rings (SSSR count). The number of nitrogens with zero attached hydrogens (tertiary/aromatic N) is 6. The molecule has 0 atom stereocenters. The first-order valence-corrected chi connectivity index (χ1v) is 11.4. The van der Waals surface area contributed by atoms with Crippen LogP contribution >= 0.6 is 0 Å². The minimum Gasteiger partial charge on any atom is -0.497 e. The predicted molar refractivity (Wildman–Crippen MR) is 122 cm³/mol. The second kappa shape index (κ2) is 8.73. The zero-order chi connectivity index (χ0) is 22.9. The van der Waals surface area contributed by atoms with E-state index in [1.807, 2.05) is 39.9 Å². The summed E-state index contributed by atoms with van der Waals surface area (Å²) in [6.07, 6.45) is 4.80. The summed E-state index contributed by atoms with van der Waals surface area (Å²) in [6, 6.07) is 9.43. The summed E-state index contributed by atoms with van der Waals surface area (Å²) in [5.74, 6) is 0.687. The number of aryl methyl sites for hydroxylation is 2. The normalized spacial score (nSPS) is 15.9. The van der Waals surface area contributed by atoms with Gasteiger partial charge in [0, 0.05) is 45.3 Å². The van der Waals surface area contributed by atoms with Crippen LogP contribution in [0.1, 0.15) is 39.4 Å². The van der Waals surface area contributed by atoms with E-state index in [2.05, 4.69) is 10.2 Å². The molecule has 9 nitrogen and oxygen atoms in total. The second-order valence-corrected chi connectivity index (χ2v) is 8.54. The van der Waals surface area contributed by atoms with Crippen molar-refractivity contribution in [3.8, 4) is 17.0 Å². The van der Waals surface area contributed by atoms with Gasteiger partial charge in [0.25, 0.3) is 11.8 Å². The smallest absolute Gasteiger partial charge is 0.272 e. The van der Waals surface area contributed by atoms with Crippen molar-refractivity contribution in [2.45, 2.75) is 25.8 Å². The molecule has 0 saturated carbocycles. The number of rotatable bonds is 4. The molecular formula is C24H28N6O3. The molecule has 2 aliphatic rings. The molecule has 4 heterocycles. The number of hydrogen-bond donors (Lipinski definition) is 0. The molecular weight excluding hydrogens is 420 g/mol. The van der Waals surface area contributed by atoms with Gasteiger partial charge in [-0.1, -0.05) is 12.1 Å². The molecule has 0 bridgehead atoms. The molecule has 2 aromatic heterocycles. The molecule has 0 spiro atoms. The van der Waals surface area contributed by atoms with Crippen molar-refractivity contribution in [3.05, 3.63) is 53.5 Å². The molecule has 0 radical (unpaired) electrons. The topological polar surface area (TPSA) is 85.5 Å².